The molecule has 0 unspecified atom stereocenters. The molecule has 0 aliphatic carbocycles. The van der Waals surface area contributed by atoms with E-state index in [0.29, 0.717) is 12.6 Å². The number of likely N-dealkylation sites (N-methyl/N-ethyl adjacent to an activating group) is 1. The van der Waals surface area contributed by atoms with Crippen LogP contribution in [-0.2, 0) is 13.0 Å². The standard InChI is InChI=1S/C19H22N4O/c1-14-7-6-10-23-18(24)12-17(21-19(14)23)13-22(3)15(2)11-16-8-4-5-9-20-16/h4-10,12,15H,11,13H2,1-3H3/t15-/m1/s1. The van der Waals surface area contributed by atoms with E-state index >= 15 is 0 Å². The molecule has 0 aromatic carbocycles. The van der Waals surface area contributed by atoms with Gasteiger partial charge >= 0.3 is 0 Å². The van der Waals surface area contributed by atoms with E-state index in [9.17, 15) is 4.79 Å². The highest BCUT2D eigenvalue weighted by molar-refractivity contribution is 5.46. The first-order valence-corrected chi connectivity index (χ1v) is 8.12. The Kier molecular flexibility index (Phi) is 4.71. The lowest BCUT2D eigenvalue weighted by Gasteiger charge is -2.24. The lowest BCUT2D eigenvalue weighted by Crippen LogP contribution is -2.31. The minimum atomic E-state index is -0.0375. The average molecular weight is 322 g/mol. The third-order valence-corrected chi connectivity index (χ3v) is 4.33. The zero-order valence-electron chi connectivity index (χ0n) is 14.3. The van der Waals surface area contributed by atoms with Crippen LogP contribution in [0.5, 0.6) is 0 Å². The second kappa shape index (κ2) is 6.93. The van der Waals surface area contributed by atoms with Crippen molar-refractivity contribution in [3.63, 3.8) is 0 Å². The summed E-state index contributed by atoms with van der Waals surface area (Å²) in [6.45, 7) is 4.76. The van der Waals surface area contributed by atoms with Crippen LogP contribution in [0.1, 0.15) is 23.9 Å². The number of nitrogens with zero attached hydrogens (tertiary/aromatic N) is 4. The molecule has 5 heteroatoms. The molecule has 0 spiro atoms. The van der Waals surface area contributed by atoms with Crippen molar-refractivity contribution in [2.24, 2.45) is 0 Å². The maximum Gasteiger partial charge on any atom is 0.258 e. The van der Waals surface area contributed by atoms with Crippen LogP contribution in [0.3, 0.4) is 0 Å². The fourth-order valence-electron chi connectivity index (χ4n) is 2.78. The Morgan fingerprint density at radius 3 is 2.79 bits per heavy atom. The molecule has 0 aliphatic rings. The Balaban J connectivity index is 1.79. The van der Waals surface area contributed by atoms with E-state index < -0.39 is 0 Å². The van der Waals surface area contributed by atoms with Gasteiger partial charge in [0.2, 0.25) is 0 Å². The fraction of sp³-hybridized carbons (Fsp3) is 0.316. The molecule has 0 amide bonds. The van der Waals surface area contributed by atoms with Crippen LogP contribution in [0.15, 0.2) is 53.6 Å². The van der Waals surface area contributed by atoms with Crippen molar-refractivity contribution in [3.8, 4) is 0 Å². The second-order valence-electron chi connectivity index (χ2n) is 6.26. The minimum Gasteiger partial charge on any atom is -0.297 e. The van der Waals surface area contributed by atoms with Gasteiger partial charge in [0.15, 0.2) is 0 Å². The molecule has 0 saturated carbocycles. The van der Waals surface area contributed by atoms with E-state index in [-0.39, 0.29) is 5.56 Å². The van der Waals surface area contributed by atoms with E-state index in [1.807, 2.05) is 43.5 Å². The van der Waals surface area contributed by atoms with Gasteiger partial charge in [-0.15, -0.1) is 0 Å². The van der Waals surface area contributed by atoms with Gasteiger partial charge in [-0.25, -0.2) is 4.98 Å². The Morgan fingerprint density at radius 2 is 2.04 bits per heavy atom. The highest BCUT2D eigenvalue weighted by Crippen LogP contribution is 2.10. The van der Waals surface area contributed by atoms with Gasteiger partial charge in [0, 0.05) is 43.2 Å². The monoisotopic (exact) mass is 322 g/mol. The van der Waals surface area contributed by atoms with Gasteiger partial charge in [-0.3, -0.25) is 19.1 Å². The van der Waals surface area contributed by atoms with Gasteiger partial charge in [0.1, 0.15) is 5.65 Å². The highest BCUT2D eigenvalue weighted by Gasteiger charge is 2.13. The van der Waals surface area contributed by atoms with Crippen molar-refractivity contribution < 1.29 is 0 Å². The molecule has 1 atom stereocenters. The lowest BCUT2D eigenvalue weighted by atomic mass is 10.1. The van der Waals surface area contributed by atoms with Crippen LogP contribution in [0.25, 0.3) is 5.65 Å². The topological polar surface area (TPSA) is 50.5 Å². The van der Waals surface area contributed by atoms with Gasteiger partial charge in [-0.2, -0.15) is 0 Å². The van der Waals surface area contributed by atoms with E-state index in [0.717, 1.165) is 29.0 Å². The fourth-order valence-corrected chi connectivity index (χ4v) is 2.78. The third kappa shape index (κ3) is 3.51. The van der Waals surface area contributed by atoms with E-state index in [2.05, 4.69) is 28.8 Å². The summed E-state index contributed by atoms with van der Waals surface area (Å²) < 4.78 is 1.59. The second-order valence-corrected chi connectivity index (χ2v) is 6.26. The van der Waals surface area contributed by atoms with Crippen LogP contribution in [0.2, 0.25) is 0 Å². The summed E-state index contributed by atoms with van der Waals surface area (Å²) in [5.41, 5.74) is 3.56. The molecule has 124 valence electrons. The SMILES string of the molecule is Cc1cccn2c(=O)cc(CN(C)[C@H](C)Cc3ccccn3)nc12. The number of aryl methyl sites for hydroxylation is 1. The van der Waals surface area contributed by atoms with Crippen molar-refractivity contribution >= 4 is 5.65 Å². The number of pyridine rings is 2. The van der Waals surface area contributed by atoms with Crippen LogP contribution in [-0.4, -0.2) is 32.4 Å². The summed E-state index contributed by atoms with van der Waals surface area (Å²) >= 11 is 0. The lowest BCUT2D eigenvalue weighted by molar-refractivity contribution is 0.244. The van der Waals surface area contributed by atoms with Crippen LogP contribution < -0.4 is 5.56 Å². The Hall–Kier alpha value is -2.53. The normalized spacial score (nSPS) is 12.7. The molecule has 0 bridgehead atoms. The molecule has 0 saturated heterocycles. The summed E-state index contributed by atoms with van der Waals surface area (Å²) in [6.07, 6.45) is 4.44. The summed E-state index contributed by atoms with van der Waals surface area (Å²) in [4.78, 5) is 23.5. The Morgan fingerprint density at radius 1 is 1.21 bits per heavy atom. The van der Waals surface area contributed by atoms with E-state index in [4.69, 9.17) is 0 Å². The van der Waals surface area contributed by atoms with Crippen molar-refractivity contribution in [2.45, 2.75) is 32.9 Å². The Labute approximate surface area is 141 Å². The third-order valence-electron chi connectivity index (χ3n) is 4.33. The predicted molar refractivity (Wildman–Crippen MR) is 95.1 cm³/mol. The van der Waals surface area contributed by atoms with E-state index in [1.54, 1.807) is 16.7 Å². The van der Waals surface area contributed by atoms with Crippen molar-refractivity contribution in [3.05, 3.63) is 76.1 Å². The average Bonchev–Trinajstić information content (AvgIpc) is 2.57. The number of hydrogen-bond donors (Lipinski definition) is 0. The summed E-state index contributed by atoms with van der Waals surface area (Å²) in [7, 11) is 2.05. The molecule has 0 radical (unpaired) electrons. The van der Waals surface area contributed by atoms with Crippen molar-refractivity contribution in [1.82, 2.24) is 19.3 Å². The Bertz CT molecular complexity index is 889. The molecule has 5 nitrogen and oxygen atoms in total. The van der Waals surface area contributed by atoms with Gasteiger partial charge in [-0.1, -0.05) is 12.1 Å². The summed E-state index contributed by atoms with van der Waals surface area (Å²) in [6, 6.07) is 11.7. The molecule has 24 heavy (non-hydrogen) atoms. The molecule has 3 rings (SSSR count). The summed E-state index contributed by atoms with van der Waals surface area (Å²) in [5.74, 6) is 0. The largest absolute Gasteiger partial charge is 0.297 e. The number of aromatic nitrogens is 3. The quantitative estimate of drug-likeness (QED) is 0.724. The van der Waals surface area contributed by atoms with Gasteiger partial charge in [0.25, 0.3) is 5.56 Å². The van der Waals surface area contributed by atoms with Crippen molar-refractivity contribution in [2.75, 3.05) is 7.05 Å². The maximum absolute atomic E-state index is 12.3. The van der Waals surface area contributed by atoms with Gasteiger partial charge < -0.3 is 0 Å². The minimum absolute atomic E-state index is 0.0375. The number of hydrogen-bond acceptors (Lipinski definition) is 4. The number of rotatable bonds is 5. The molecule has 0 fully saturated rings. The molecular weight excluding hydrogens is 300 g/mol. The summed E-state index contributed by atoms with van der Waals surface area (Å²) in [5, 5.41) is 0. The van der Waals surface area contributed by atoms with Crippen LogP contribution in [0.4, 0.5) is 0 Å². The zero-order valence-corrected chi connectivity index (χ0v) is 14.3. The highest BCUT2D eigenvalue weighted by atomic mass is 16.1. The van der Waals surface area contributed by atoms with Crippen molar-refractivity contribution in [1.29, 1.82) is 0 Å². The van der Waals surface area contributed by atoms with Gasteiger partial charge in [-0.05, 0) is 44.7 Å². The molecule has 0 aliphatic heterocycles. The van der Waals surface area contributed by atoms with E-state index in [1.165, 1.54) is 0 Å². The maximum atomic E-state index is 12.3. The smallest absolute Gasteiger partial charge is 0.258 e. The number of fused-ring (bicyclic) bond motifs is 1. The molecule has 3 aromatic rings. The first-order chi connectivity index (χ1) is 11.5. The predicted octanol–water partition coefficient (Wildman–Crippen LogP) is 2.46. The molecule has 3 heterocycles. The first-order valence-electron chi connectivity index (χ1n) is 8.12. The van der Waals surface area contributed by atoms with Gasteiger partial charge in [0.05, 0.1) is 5.69 Å². The molecular formula is C19H22N4O. The van der Waals surface area contributed by atoms with Crippen LogP contribution in [0, 0.1) is 6.92 Å². The zero-order chi connectivity index (χ0) is 17.1. The molecule has 0 N–H and O–H groups in total. The van der Waals surface area contributed by atoms with Crippen LogP contribution >= 0.6 is 0 Å². The first kappa shape index (κ1) is 16.3. The molecule has 3 aromatic heterocycles.